The lowest BCUT2D eigenvalue weighted by Gasteiger charge is -2.26. The molecule has 5 nitrogen and oxygen atoms in total. The topological polar surface area (TPSA) is 57.3 Å². The summed E-state index contributed by atoms with van der Waals surface area (Å²) in [5, 5.41) is 6.26. The van der Waals surface area contributed by atoms with Gasteiger partial charge in [-0.3, -0.25) is 14.7 Å². The van der Waals surface area contributed by atoms with Crippen LogP contribution in [0.15, 0.2) is 18.5 Å². The highest BCUT2D eigenvalue weighted by Gasteiger charge is 2.13. The van der Waals surface area contributed by atoms with Gasteiger partial charge in [-0.15, -0.1) is 0 Å². The van der Waals surface area contributed by atoms with Crippen molar-refractivity contribution in [3.63, 3.8) is 0 Å². The molecule has 2 heterocycles. The Labute approximate surface area is 130 Å². The van der Waals surface area contributed by atoms with Crippen LogP contribution in [-0.4, -0.2) is 60.0 Å². The molecule has 1 aliphatic rings. The molecule has 1 amide bonds. The van der Waals surface area contributed by atoms with E-state index in [0.29, 0.717) is 12.1 Å². The second kappa shape index (κ2) is 8.89. The van der Waals surface area contributed by atoms with Gasteiger partial charge in [0.1, 0.15) is 0 Å². The molecule has 6 heteroatoms. The van der Waals surface area contributed by atoms with Crippen molar-refractivity contribution >= 4 is 23.4 Å². The Kier molecular flexibility index (Phi) is 6.82. The number of rotatable bonds is 7. The van der Waals surface area contributed by atoms with Crippen LogP contribution in [0.3, 0.4) is 0 Å². The van der Waals surface area contributed by atoms with Crippen LogP contribution in [0.1, 0.15) is 23.7 Å². The Morgan fingerprint density at radius 3 is 2.95 bits per heavy atom. The van der Waals surface area contributed by atoms with Crippen molar-refractivity contribution in [1.82, 2.24) is 15.2 Å². The van der Waals surface area contributed by atoms with Gasteiger partial charge in [0.05, 0.1) is 17.4 Å². The standard InChI is InChI=1S/C15H24N4OS/c1-2-4-17-14-12-16-5-3-13(14)15(20)18-6-7-19-8-10-21-11-9-19/h3,5,12,17H,2,4,6-11H2,1H3,(H,18,20). The SMILES string of the molecule is CCCNc1cnccc1C(=O)NCCN1CCSCC1. The van der Waals surface area contributed by atoms with Gasteiger partial charge in [-0.05, 0) is 12.5 Å². The summed E-state index contributed by atoms with van der Waals surface area (Å²) < 4.78 is 0. The van der Waals surface area contributed by atoms with Gasteiger partial charge in [0.15, 0.2) is 0 Å². The van der Waals surface area contributed by atoms with E-state index in [1.54, 1.807) is 18.5 Å². The average molecular weight is 308 g/mol. The summed E-state index contributed by atoms with van der Waals surface area (Å²) in [4.78, 5) is 18.8. The third-order valence-electron chi connectivity index (χ3n) is 3.45. The predicted molar refractivity (Wildman–Crippen MR) is 89.1 cm³/mol. The maximum atomic E-state index is 12.3. The van der Waals surface area contributed by atoms with Gasteiger partial charge in [0.2, 0.25) is 0 Å². The van der Waals surface area contributed by atoms with Crippen LogP contribution in [-0.2, 0) is 0 Å². The molecule has 0 saturated carbocycles. The van der Waals surface area contributed by atoms with E-state index < -0.39 is 0 Å². The van der Waals surface area contributed by atoms with Crippen LogP contribution in [0.5, 0.6) is 0 Å². The number of thioether (sulfide) groups is 1. The first-order valence-electron chi connectivity index (χ1n) is 7.57. The van der Waals surface area contributed by atoms with E-state index in [2.05, 4.69) is 27.4 Å². The highest BCUT2D eigenvalue weighted by molar-refractivity contribution is 7.99. The number of nitrogens with zero attached hydrogens (tertiary/aromatic N) is 2. The third-order valence-corrected chi connectivity index (χ3v) is 4.39. The molecule has 0 spiro atoms. The quantitative estimate of drug-likeness (QED) is 0.803. The summed E-state index contributed by atoms with van der Waals surface area (Å²) in [5.74, 6) is 2.37. The number of hydrogen-bond donors (Lipinski definition) is 2. The molecule has 1 aromatic heterocycles. The minimum Gasteiger partial charge on any atom is -0.383 e. The zero-order chi connectivity index (χ0) is 14.9. The van der Waals surface area contributed by atoms with Gasteiger partial charge in [-0.2, -0.15) is 11.8 Å². The van der Waals surface area contributed by atoms with E-state index in [9.17, 15) is 4.79 Å². The van der Waals surface area contributed by atoms with E-state index in [-0.39, 0.29) is 5.91 Å². The number of nitrogens with one attached hydrogen (secondary N) is 2. The van der Waals surface area contributed by atoms with Crippen LogP contribution in [0, 0.1) is 0 Å². The molecule has 1 fully saturated rings. The van der Waals surface area contributed by atoms with Gasteiger partial charge < -0.3 is 10.6 Å². The number of amides is 1. The summed E-state index contributed by atoms with van der Waals surface area (Å²) in [7, 11) is 0. The first-order chi connectivity index (χ1) is 10.3. The molecule has 2 rings (SSSR count). The zero-order valence-corrected chi connectivity index (χ0v) is 13.4. The normalized spacial score (nSPS) is 15.7. The van der Waals surface area contributed by atoms with Crippen LogP contribution in [0.4, 0.5) is 5.69 Å². The second-order valence-corrected chi connectivity index (χ2v) is 6.28. The van der Waals surface area contributed by atoms with Crippen molar-refractivity contribution in [3.05, 3.63) is 24.0 Å². The van der Waals surface area contributed by atoms with Crippen molar-refractivity contribution in [1.29, 1.82) is 0 Å². The fourth-order valence-electron chi connectivity index (χ4n) is 2.24. The summed E-state index contributed by atoms with van der Waals surface area (Å²) in [5.41, 5.74) is 1.49. The Morgan fingerprint density at radius 2 is 2.19 bits per heavy atom. The fourth-order valence-corrected chi connectivity index (χ4v) is 3.22. The van der Waals surface area contributed by atoms with Gasteiger partial charge in [0, 0.05) is 50.4 Å². The van der Waals surface area contributed by atoms with Crippen molar-refractivity contribution in [2.75, 3.05) is 49.5 Å². The highest BCUT2D eigenvalue weighted by atomic mass is 32.2. The lowest BCUT2D eigenvalue weighted by atomic mass is 10.2. The molecule has 0 aliphatic carbocycles. The Hall–Kier alpha value is -1.27. The highest BCUT2D eigenvalue weighted by Crippen LogP contribution is 2.13. The molecule has 116 valence electrons. The molecule has 0 atom stereocenters. The summed E-state index contributed by atoms with van der Waals surface area (Å²) >= 11 is 2.00. The lowest BCUT2D eigenvalue weighted by Crippen LogP contribution is -2.39. The minimum absolute atomic E-state index is 0.0256. The van der Waals surface area contributed by atoms with E-state index in [1.165, 1.54) is 11.5 Å². The molecule has 1 aromatic rings. The van der Waals surface area contributed by atoms with Crippen LogP contribution < -0.4 is 10.6 Å². The number of carbonyl (C=O) groups excluding carboxylic acids is 1. The summed E-state index contributed by atoms with van der Waals surface area (Å²) in [6.45, 7) is 6.81. The largest absolute Gasteiger partial charge is 0.383 e. The summed E-state index contributed by atoms with van der Waals surface area (Å²) in [6, 6.07) is 1.77. The van der Waals surface area contributed by atoms with Crippen molar-refractivity contribution in [3.8, 4) is 0 Å². The number of carbonyl (C=O) groups is 1. The molecule has 0 radical (unpaired) electrons. The zero-order valence-electron chi connectivity index (χ0n) is 12.6. The van der Waals surface area contributed by atoms with E-state index >= 15 is 0 Å². The maximum Gasteiger partial charge on any atom is 0.253 e. The van der Waals surface area contributed by atoms with Crippen LogP contribution in [0.2, 0.25) is 0 Å². The van der Waals surface area contributed by atoms with Crippen molar-refractivity contribution in [2.24, 2.45) is 0 Å². The minimum atomic E-state index is -0.0256. The molecule has 1 aliphatic heterocycles. The predicted octanol–water partition coefficient (Wildman–Crippen LogP) is 1.68. The van der Waals surface area contributed by atoms with Crippen LogP contribution in [0.25, 0.3) is 0 Å². The second-order valence-electron chi connectivity index (χ2n) is 5.06. The van der Waals surface area contributed by atoms with E-state index in [0.717, 1.165) is 38.3 Å². The van der Waals surface area contributed by atoms with Gasteiger partial charge in [-0.1, -0.05) is 6.92 Å². The van der Waals surface area contributed by atoms with E-state index in [1.807, 2.05) is 11.8 Å². The average Bonchev–Trinajstić information content (AvgIpc) is 2.54. The molecular weight excluding hydrogens is 284 g/mol. The third kappa shape index (κ3) is 5.21. The van der Waals surface area contributed by atoms with Crippen LogP contribution >= 0.6 is 11.8 Å². The molecule has 0 bridgehead atoms. The van der Waals surface area contributed by atoms with Gasteiger partial charge in [-0.25, -0.2) is 0 Å². The number of aromatic nitrogens is 1. The van der Waals surface area contributed by atoms with Crippen molar-refractivity contribution in [2.45, 2.75) is 13.3 Å². The van der Waals surface area contributed by atoms with Crippen molar-refractivity contribution < 1.29 is 4.79 Å². The van der Waals surface area contributed by atoms with Gasteiger partial charge >= 0.3 is 0 Å². The molecule has 1 saturated heterocycles. The Morgan fingerprint density at radius 1 is 1.38 bits per heavy atom. The first kappa shape index (κ1) is 16.1. The monoisotopic (exact) mass is 308 g/mol. The molecule has 0 aromatic carbocycles. The number of pyridine rings is 1. The Balaban J connectivity index is 1.82. The summed E-state index contributed by atoms with van der Waals surface area (Å²) in [6.07, 6.45) is 4.39. The first-order valence-corrected chi connectivity index (χ1v) is 8.73. The molecule has 21 heavy (non-hydrogen) atoms. The Bertz CT molecular complexity index is 449. The van der Waals surface area contributed by atoms with Gasteiger partial charge in [0.25, 0.3) is 5.91 Å². The smallest absolute Gasteiger partial charge is 0.253 e. The number of anilines is 1. The number of hydrogen-bond acceptors (Lipinski definition) is 5. The molecule has 0 unspecified atom stereocenters. The lowest BCUT2D eigenvalue weighted by molar-refractivity contribution is 0.0949. The van der Waals surface area contributed by atoms with E-state index in [4.69, 9.17) is 0 Å². The molecular formula is C15H24N4OS. The molecule has 2 N–H and O–H groups in total. The maximum absolute atomic E-state index is 12.3. The fraction of sp³-hybridized carbons (Fsp3) is 0.600.